The minimum Gasteiger partial charge on any atom is -0.327 e. The molecule has 0 aliphatic carbocycles. The lowest BCUT2D eigenvalue weighted by molar-refractivity contribution is 1.26. The van der Waals surface area contributed by atoms with Crippen LogP contribution in [0, 0.1) is 0 Å². The topological polar surface area (TPSA) is 26.0 Å². The lowest BCUT2D eigenvalue weighted by atomic mass is 10.2. The number of hydrogen-bond donors (Lipinski definition) is 1. The van der Waals surface area contributed by atoms with Gasteiger partial charge in [-0.3, -0.25) is 0 Å². The number of benzene rings is 2. The molecular formula is C17H21N. The molecule has 0 radical (unpaired) electrons. The van der Waals surface area contributed by atoms with E-state index >= 15 is 0 Å². The summed E-state index contributed by atoms with van der Waals surface area (Å²) in [5, 5.41) is 2.18. The molecule has 0 bridgehead atoms. The molecule has 0 heterocycles. The Balaban J connectivity index is 0.000000392. The number of rotatable bonds is 2. The molecule has 94 valence electrons. The molecule has 0 aliphatic rings. The van der Waals surface area contributed by atoms with E-state index in [-0.39, 0.29) is 1.43 Å². The van der Waals surface area contributed by atoms with Gasteiger partial charge in [0, 0.05) is 7.97 Å². The zero-order valence-electron chi connectivity index (χ0n) is 10.5. The van der Waals surface area contributed by atoms with Crippen LogP contribution in [-0.4, -0.2) is 6.54 Å². The van der Waals surface area contributed by atoms with Crippen LogP contribution in [-0.2, 0) is 0 Å². The van der Waals surface area contributed by atoms with Crippen LogP contribution in [0.5, 0.6) is 0 Å². The molecule has 2 N–H and O–H groups in total. The second-order valence-corrected chi connectivity index (χ2v) is 3.68. The summed E-state index contributed by atoms with van der Waals surface area (Å²) in [6, 6.07) is 20.0. The maximum atomic E-state index is 5.31. The van der Waals surface area contributed by atoms with Crippen molar-refractivity contribution in [1.29, 1.82) is 0 Å². The van der Waals surface area contributed by atoms with Gasteiger partial charge < -0.3 is 5.73 Å². The van der Waals surface area contributed by atoms with Gasteiger partial charge in [-0.15, -0.1) is 0 Å². The van der Waals surface area contributed by atoms with E-state index in [0.29, 0.717) is 6.54 Å². The molecule has 0 aromatic heterocycles. The first-order chi connectivity index (χ1) is 8.84. The number of allylic oxidation sites excluding steroid dienone is 1. The van der Waals surface area contributed by atoms with Gasteiger partial charge in [0.1, 0.15) is 0 Å². The third kappa shape index (κ3) is 5.83. The zero-order valence-corrected chi connectivity index (χ0v) is 10.5. The summed E-state index contributed by atoms with van der Waals surface area (Å²) in [7, 11) is 0. The highest BCUT2D eigenvalue weighted by atomic mass is 14.5. The molecular weight excluding hydrogens is 218 g/mol. The van der Waals surface area contributed by atoms with Crippen LogP contribution in [0.15, 0.2) is 72.8 Å². The average Bonchev–Trinajstić information content (AvgIpc) is 2.44. The molecule has 0 saturated heterocycles. The first-order valence-corrected chi connectivity index (χ1v) is 5.95. The van der Waals surface area contributed by atoms with Gasteiger partial charge in [0.15, 0.2) is 0 Å². The lowest BCUT2D eigenvalue weighted by Crippen LogP contribution is -2.21. The van der Waals surface area contributed by atoms with E-state index in [2.05, 4.69) is 6.58 Å². The second-order valence-electron chi connectivity index (χ2n) is 3.68. The predicted molar refractivity (Wildman–Crippen MR) is 82.4 cm³/mol. The van der Waals surface area contributed by atoms with E-state index in [1.807, 2.05) is 78.9 Å². The van der Waals surface area contributed by atoms with Gasteiger partial charge >= 0.3 is 0 Å². The number of hydrogen-bond acceptors (Lipinski definition) is 1. The van der Waals surface area contributed by atoms with Crippen molar-refractivity contribution in [2.45, 2.75) is 0 Å². The summed E-state index contributed by atoms with van der Waals surface area (Å²) in [5.74, 6) is 0. The Morgan fingerprint density at radius 2 is 1.50 bits per heavy atom. The normalized spacial score (nSPS) is 11.1. The van der Waals surface area contributed by atoms with Crippen molar-refractivity contribution >= 4 is 12.7 Å². The fourth-order valence-electron chi connectivity index (χ4n) is 1.33. The minimum absolute atomic E-state index is 0. The standard InChI is InChI=1S/C11H13N.C6H6.H2/c1-10-6-2-3-7-11(10)8-4-5-9-12;1-2-4-6-5-3-1;/h2-8H,1,9,12H2;1-6H;1H/b5-4-,11-8-;;. The van der Waals surface area contributed by atoms with Gasteiger partial charge in [-0.05, 0) is 10.4 Å². The highest BCUT2D eigenvalue weighted by Crippen LogP contribution is 1.80. The smallest absolute Gasteiger partial charge is 0.0109 e. The van der Waals surface area contributed by atoms with E-state index in [1.54, 1.807) is 0 Å². The fourth-order valence-corrected chi connectivity index (χ4v) is 1.33. The van der Waals surface area contributed by atoms with Crippen LogP contribution in [0.3, 0.4) is 0 Å². The van der Waals surface area contributed by atoms with Crippen molar-refractivity contribution in [3.63, 3.8) is 0 Å². The zero-order chi connectivity index (χ0) is 13.1. The third-order valence-corrected chi connectivity index (χ3v) is 2.27. The Labute approximate surface area is 110 Å². The van der Waals surface area contributed by atoms with Crippen molar-refractivity contribution in [3.05, 3.63) is 83.3 Å². The van der Waals surface area contributed by atoms with Crippen molar-refractivity contribution < 1.29 is 1.43 Å². The molecule has 2 rings (SSSR count). The second kappa shape index (κ2) is 8.97. The van der Waals surface area contributed by atoms with Gasteiger partial charge in [-0.2, -0.15) is 0 Å². The molecule has 0 amide bonds. The molecule has 0 unspecified atom stereocenters. The van der Waals surface area contributed by atoms with Crippen molar-refractivity contribution in [2.75, 3.05) is 6.54 Å². The summed E-state index contributed by atoms with van der Waals surface area (Å²) >= 11 is 0. The predicted octanol–water partition coefficient (Wildman–Crippen LogP) is 2.32. The quantitative estimate of drug-likeness (QED) is 0.855. The molecule has 1 nitrogen and oxygen atoms in total. The Morgan fingerprint density at radius 1 is 0.944 bits per heavy atom. The van der Waals surface area contributed by atoms with Gasteiger partial charge in [0.2, 0.25) is 0 Å². The van der Waals surface area contributed by atoms with Gasteiger partial charge in [0.05, 0.1) is 0 Å². The molecule has 18 heavy (non-hydrogen) atoms. The van der Waals surface area contributed by atoms with Crippen molar-refractivity contribution in [1.82, 2.24) is 0 Å². The molecule has 0 fully saturated rings. The summed E-state index contributed by atoms with van der Waals surface area (Å²) in [6.07, 6.45) is 5.87. The van der Waals surface area contributed by atoms with Crippen molar-refractivity contribution in [3.8, 4) is 0 Å². The Hall–Kier alpha value is -2.12. The maximum absolute atomic E-state index is 5.31. The fraction of sp³-hybridized carbons (Fsp3) is 0.0588. The number of nitrogens with two attached hydrogens (primary N) is 1. The maximum Gasteiger partial charge on any atom is 0.0109 e. The van der Waals surface area contributed by atoms with E-state index in [0.717, 1.165) is 10.4 Å². The molecule has 0 aliphatic heterocycles. The Kier molecular flexibility index (Phi) is 6.95. The Bertz CT molecular complexity index is 535. The third-order valence-electron chi connectivity index (χ3n) is 2.27. The van der Waals surface area contributed by atoms with E-state index in [9.17, 15) is 0 Å². The highest BCUT2D eigenvalue weighted by Gasteiger charge is 1.76. The Morgan fingerprint density at radius 3 is 2.00 bits per heavy atom. The van der Waals surface area contributed by atoms with E-state index < -0.39 is 0 Å². The molecule has 2 aromatic carbocycles. The van der Waals surface area contributed by atoms with E-state index in [1.165, 1.54) is 0 Å². The van der Waals surface area contributed by atoms with Gasteiger partial charge in [-0.25, -0.2) is 0 Å². The first-order valence-electron chi connectivity index (χ1n) is 5.95. The summed E-state index contributed by atoms with van der Waals surface area (Å²) in [6.45, 7) is 4.48. The van der Waals surface area contributed by atoms with Crippen LogP contribution < -0.4 is 16.2 Å². The van der Waals surface area contributed by atoms with Crippen LogP contribution >= 0.6 is 0 Å². The minimum atomic E-state index is 0. The van der Waals surface area contributed by atoms with Crippen LogP contribution in [0.4, 0.5) is 0 Å². The van der Waals surface area contributed by atoms with Crippen LogP contribution in [0.1, 0.15) is 1.43 Å². The molecule has 0 saturated carbocycles. The van der Waals surface area contributed by atoms with Crippen LogP contribution in [0.25, 0.3) is 12.7 Å². The monoisotopic (exact) mass is 239 g/mol. The summed E-state index contributed by atoms with van der Waals surface area (Å²) < 4.78 is 0. The summed E-state index contributed by atoms with van der Waals surface area (Å²) in [5.41, 5.74) is 5.31. The molecule has 0 atom stereocenters. The van der Waals surface area contributed by atoms with E-state index in [4.69, 9.17) is 5.73 Å². The van der Waals surface area contributed by atoms with Gasteiger partial charge in [-0.1, -0.05) is 85.5 Å². The molecule has 1 heteroatoms. The van der Waals surface area contributed by atoms with Gasteiger partial charge in [0.25, 0.3) is 0 Å². The average molecular weight is 239 g/mol. The van der Waals surface area contributed by atoms with Crippen LogP contribution in [0.2, 0.25) is 0 Å². The van der Waals surface area contributed by atoms with Crippen molar-refractivity contribution in [2.24, 2.45) is 5.73 Å². The molecule has 2 aromatic rings. The molecule has 0 spiro atoms. The highest BCUT2D eigenvalue weighted by molar-refractivity contribution is 5.37. The summed E-state index contributed by atoms with van der Waals surface area (Å²) in [4.78, 5) is 0. The lowest BCUT2D eigenvalue weighted by Gasteiger charge is -1.84. The SMILES string of the molecule is C=c1cccc/c1=C/C=C\CN.[HH].c1ccccc1. The largest absolute Gasteiger partial charge is 0.327 e. The first kappa shape index (κ1) is 13.9.